The van der Waals surface area contributed by atoms with Crippen molar-refractivity contribution in [3.63, 3.8) is 0 Å². The van der Waals surface area contributed by atoms with E-state index in [-0.39, 0.29) is 18.7 Å². The molecule has 3 aromatic rings. The summed E-state index contributed by atoms with van der Waals surface area (Å²) in [6.07, 6.45) is 0.128. The molecule has 1 aromatic heterocycles. The predicted molar refractivity (Wildman–Crippen MR) is 95.0 cm³/mol. The molecule has 0 spiro atoms. The maximum atomic E-state index is 12.1. The quantitative estimate of drug-likeness (QED) is 0.441. The minimum absolute atomic E-state index is 0.0540. The van der Waals surface area contributed by atoms with Crippen molar-refractivity contribution in [1.29, 1.82) is 0 Å². The molecule has 6 heteroatoms. The number of fused-ring (bicyclic) bond motifs is 2. The van der Waals surface area contributed by atoms with E-state index in [2.05, 4.69) is 21.5 Å². The summed E-state index contributed by atoms with van der Waals surface area (Å²) >= 11 is 0. The Bertz CT molecular complexity index is 953. The monoisotopic (exact) mass is 338 g/mol. The minimum atomic E-state index is -0.402. The van der Waals surface area contributed by atoms with Gasteiger partial charge in [-0.25, -0.2) is 4.98 Å². The van der Waals surface area contributed by atoms with E-state index in [0.717, 1.165) is 28.6 Å². The normalized spacial score (nSPS) is 10.8. The van der Waals surface area contributed by atoms with Crippen LogP contribution in [0.3, 0.4) is 0 Å². The lowest BCUT2D eigenvalue weighted by molar-refractivity contribution is -0.641. The van der Waals surface area contributed by atoms with Crippen LogP contribution in [0.1, 0.15) is 19.8 Å². The number of benzene rings is 2. The van der Waals surface area contributed by atoms with E-state index in [4.69, 9.17) is 4.98 Å². The summed E-state index contributed by atoms with van der Waals surface area (Å²) in [6, 6.07) is 13.6. The number of nitrogens with zero attached hydrogens (tertiary/aromatic N) is 2. The van der Waals surface area contributed by atoms with E-state index < -0.39 is 5.97 Å². The average Bonchev–Trinajstić information content (AvgIpc) is 2.64. The molecule has 1 N–H and O–H groups in total. The fraction of sp³-hybridized carbons (Fsp3) is 0.263. The van der Waals surface area contributed by atoms with Crippen molar-refractivity contribution < 1.29 is 18.9 Å². The van der Waals surface area contributed by atoms with E-state index in [9.17, 15) is 9.59 Å². The van der Waals surface area contributed by atoms with Gasteiger partial charge < -0.3 is 10.1 Å². The van der Waals surface area contributed by atoms with Gasteiger partial charge in [-0.3, -0.25) is 9.59 Å². The molecular formula is C19H20N3O3+. The molecule has 25 heavy (non-hydrogen) atoms. The van der Waals surface area contributed by atoms with E-state index in [1.54, 1.807) is 0 Å². The summed E-state index contributed by atoms with van der Waals surface area (Å²) in [5.74, 6) is -0.642. The molecular weight excluding hydrogens is 318 g/mol. The Morgan fingerprint density at radius 3 is 2.60 bits per heavy atom. The van der Waals surface area contributed by atoms with Crippen molar-refractivity contribution in [1.82, 2.24) is 4.98 Å². The molecule has 6 nitrogen and oxygen atoms in total. The maximum Gasteiger partial charge on any atom is 0.306 e. The van der Waals surface area contributed by atoms with Gasteiger partial charge in [-0.05, 0) is 19.1 Å². The number of hydrogen-bond acceptors (Lipinski definition) is 4. The Balaban J connectivity index is 2.00. The topological polar surface area (TPSA) is 72.2 Å². The summed E-state index contributed by atoms with van der Waals surface area (Å²) in [5, 5.41) is 2.86. The number of aromatic nitrogens is 2. The molecule has 1 amide bonds. The number of esters is 1. The molecule has 0 aliphatic heterocycles. The van der Waals surface area contributed by atoms with Crippen LogP contribution in [0.2, 0.25) is 0 Å². The summed E-state index contributed by atoms with van der Waals surface area (Å²) < 4.78 is 6.73. The van der Waals surface area contributed by atoms with E-state index in [1.807, 2.05) is 42.5 Å². The second kappa shape index (κ2) is 7.25. The summed E-state index contributed by atoms with van der Waals surface area (Å²) in [7, 11) is 1.31. The molecule has 2 aromatic carbocycles. The van der Waals surface area contributed by atoms with Crippen LogP contribution in [0.25, 0.3) is 22.1 Å². The van der Waals surface area contributed by atoms with Crippen LogP contribution in [-0.4, -0.2) is 24.0 Å². The van der Waals surface area contributed by atoms with Gasteiger partial charge in [-0.15, -0.1) is 0 Å². The third kappa shape index (κ3) is 3.42. The molecule has 128 valence electrons. The first-order valence-corrected chi connectivity index (χ1v) is 8.22. The Morgan fingerprint density at radius 1 is 1.08 bits per heavy atom. The van der Waals surface area contributed by atoms with Crippen molar-refractivity contribution in [2.75, 3.05) is 12.4 Å². The number of carbonyl (C=O) groups excluding carboxylic acids is 2. The van der Waals surface area contributed by atoms with Gasteiger partial charge >= 0.3 is 5.97 Å². The number of aryl methyl sites for hydroxylation is 1. The van der Waals surface area contributed by atoms with E-state index in [1.165, 1.54) is 7.11 Å². The Labute approximate surface area is 145 Å². The number of hydrogen-bond donors (Lipinski definition) is 1. The zero-order valence-electron chi connectivity index (χ0n) is 14.3. The molecule has 0 unspecified atom stereocenters. The first-order valence-electron chi connectivity index (χ1n) is 8.22. The first-order chi connectivity index (χ1) is 12.1. The average molecular weight is 338 g/mol. The lowest BCUT2D eigenvalue weighted by Crippen LogP contribution is -2.34. The van der Waals surface area contributed by atoms with Gasteiger partial charge in [0.1, 0.15) is 12.1 Å². The van der Waals surface area contributed by atoms with Crippen LogP contribution in [-0.2, 0) is 20.9 Å². The molecule has 0 atom stereocenters. The van der Waals surface area contributed by atoms with Crippen LogP contribution in [0.15, 0.2) is 42.5 Å². The Morgan fingerprint density at radius 2 is 1.84 bits per heavy atom. The van der Waals surface area contributed by atoms with Crippen molar-refractivity contribution in [2.45, 2.75) is 26.3 Å². The lowest BCUT2D eigenvalue weighted by Gasteiger charge is -2.09. The fourth-order valence-corrected chi connectivity index (χ4v) is 2.88. The molecule has 0 fully saturated rings. The molecule has 0 aliphatic rings. The second-order valence-electron chi connectivity index (χ2n) is 5.64. The highest BCUT2D eigenvalue weighted by Crippen LogP contribution is 2.22. The predicted octanol–water partition coefficient (Wildman–Crippen LogP) is 2.59. The molecule has 1 heterocycles. The summed E-state index contributed by atoms with van der Waals surface area (Å²) in [4.78, 5) is 28.1. The van der Waals surface area contributed by atoms with E-state index >= 15 is 0 Å². The highest BCUT2D eigenvalue weighted by Gasteiger charge is 2.18. The second-order valence-corrected chi connectivity index (χ2v) is 5.64. The molecule has 0 saturated heterocycles. The van der Waals surface area contributed by atoms with Gasteiger partial charge in [0.15, 0.2) is 5.52 Å². The van der Waals surface area contributed by atoms with Crippen molar-refractivity contribution in [2.24, 2.45) is 0 Å². The van der Waals surface area contributed by atoms with Gasteiger partial charge in [0.25, 0.3) is 0 Å². The van der Waals surface area contributed by atoms with Crippen LogP contribution >= 0.6 is 0 Å². The number of para-hydroxylation sites is 3. The highest BCUT2D eigenvalue weighted by molar-refractivity contribution is 6.00. The fourth-order valence-electron chi connectivity index (χ4n) is 2.88. The van der Waals surface area contributed by atoms with E-state index in [0.29, 0.717) is 5.69 Å². The molecule has 3 rings (SSSR count). The standard InChI is InChI=1S/C19H19N3O3/c1-3-22-15-9-5-4-7-13(15)21-19-14(8-6-10-16(19)22)20-17(23)11-12-18(24)25-2/h4-10H,3,11-12H2,1-2H3/p+1. The summed E-state index contributed by atoms with van der Waals surface area (Å²) in [6.45, 7) is 2.87. The molecule has 0 saturated carbocycles. The number of carbonyl (C=O) groups is 2. The van der Waals surface area contributed by atoms with Crippen molar-refractivity contribution >= 4 is 39.6 Å². The first kappa shape index (κ1) is 16.8. The maximum absolute atomic E-state index is 12.1. The third-order valence-corrected chi connectivity index (χ3v) is 4.08. The zero-order chi connectivity index (χ0) is 17.8. The van der Waals surface area contributed by atoms with Gasteiger partial charge in [0.2, 0.25) is 16.9 Å². The van der Waals surface area contributed by atoms with Crippen LogP contribution < -0.4 is 9.88 Å². The number of ether oxygens (including phenoxy) is 1. The van der Waals surface area contributed by atoms with Crippen LogP contribution in [0.4, 0.5) is 5.69 Å². The molecule has 0 bridgehead atoms. The van der Waals surface area contributed by atoms with Gasteiger partial charge in [0, 0.05) is 18.6 Å². The molecule has 0 aliphatic carbocycles. The lowest BCUT2D eigenvalue weighted by atomic mass is 10.2. The SMILES string of the molecule is CC[n+]1c2ccccc2nc2c(NC(=O)CCC(=O)OC)cccc21. The van der Waals surface area contributed by atoms with Gasteiger partial charge in [-0.1, -0.05) is 18.2 Å². The number of rotatable bonds is 5. The van der Waals surface area contributed by atoms with Crippen molar-refractivity contribution in [3.05, 3.63) is 42.5 Å². The van der Waals surface area contributed by atoms with Crippen molar-refractivity contribution in [3.8, 4) is 0 Å². The number of anilines is 1. The Kier molecular flexibility index (Phi) is 4.88. The molecule has 0 radical (unpaired) electrons. The number of methoxy groups -OCH3 is 1. The van der Waals surface area contributed by atoms with Crippen LogP contribution in [0.5, 0.6) is 0 Å². The van der Waals surface area contributed by atoms with Gasteiger partial charge in [-0.2, -0.15) is 4.57 Å². The smallest absolute Gasteiger partial charge is 0.306 e. The highest BCUT2D eigenvalue weighted by atomic mass is 16.5. The van der Waals surface area contributed by atoms with Gasteiger partial charge in [0.05, 0.1) is 19.2 Å². The van der Waals surface area contributed by atoms with Crippen LogP contribution in [0, 0.1) is 0 Å². The largest absolute Gasteiger partial charge is 0.469 e. The third-order valence-electron chi connectivity index (χ3n) is 4.08. The minimum Gasteiger partial charge on any atom is -0.469 e. The zero-order valence-corrected chi connectivity index (χ0v) is 14.3. The Hall–Kier alpha value is -3.02. The summed E-state index contributed by atoms with van der Waals surface area (Å²) in [5.41, 5.74) is 4.24. The number of amides is 1. The number of nitrogens with one attached hydrogen (secondary N) is 1.